The van der Waals surface area contributed by atoms with Crippen molar-refractivity contribution in [1.82, 2.24) is 0 Å². The van der Waals surface area contributed by atoms with Crippen LogP contribution in [0.1, 0.15) is 6.92 Å². The molecule has 132 valence electrons. The summed E-state index contributed by atoms with van der Waals surface area (Å²) in [5.41, 5.74) is 0.475. The highest BCUT2D eigenvalue weighted by molar-refractivity contribution is 5.90. The number of cyclic esters (lactones) is 2. The van der Waals surface area contributed by atoms with E-state index in [-0.39, 0.29) is 0 Å². The Morgan fingerprint density at radius 2 is 1.74 bits per heavy atom. The molecule has 0 bridgehead atoms. The van der Waals surface area contributed by atoms with Crippen LogP contribution in [0, 0.1) is 0 Å². The molecular weight excluding hydrogens is 316 g/mol. The van der Waals surface area contributed by atoms with Gasteiger partial charge in [0.2, 0.25) is 0 Å². The van der Waals surface area contributed by atoms with Crippen LogP contribution in [-0.4, -0.2) is 92.4 Å². The second kappa shape index (κ2) is 8.34. The fourth-order valence-corrected chi connectivity index (χ4v) is 1.84. The topological polar surface area (TPSA) is 174 Å². The number of aliphatic hydroxyl groups excluding tert-OH is 6. The summed E-state index contributed by atoms with van der Waals surface area (Å²) in [4.78, 5) is 21.4. The Labute approximate surface area is 131 Å². The molecule has 10 heteroatoms. The Kier molecular flexibility index (Phi) is 7.06. The van der Waals surface area contributed by atoms with Gasteiger partial charge < -0.3 is 40.1 Å². The molecule has 1 fully saturated rings. The lowest BCUT2D eigenvalue weighted by Crippen LogP contribution is -2.56. The Bertz CT molecular complexity index is 460. The number of carbonyl (C=O) groups is 2. The first-order chi connectivity index (χ1) is 10.7. The van der Waals surface area contributed by atoms with Crippen molar-refractivity contribution in [1.29, 1.82) is 0 Å². The standard InChI is InChI=1S/C7H10O4.C6H10O6/c1-4-2-6(5(9)3-8)11-7(4)10;7-1-2-3(8)4(9)5(10)6(11)12-2/h2,5-6,8-9H,3H2,1H3;2-5,7-10H,1H2/t5-,6+;2-,3?,4+,5-/m11/s1. The predicted molar refractivity (Wildman–Crippen MR) is 71.7 cm³/mol. The third kappa shape index (κ3) is 4.70. The Hall–Kier alpha value is -1.56. The fraction of sp³-hybridized carbons (Fsp3) is 0.692. The van der Waals surface area contributed by atoms with Crippen molar-refractivity contribution < 1.29 is 49.7 Å². The van der Waals surface area contributed by atoms with E-state index in [0.717, 1.165) is 0 Å². The van der Waals surface area contributed by atoms with E-state index in [1.165, 1.54) is 6.08 Å². The summed E-state index contributed by atoms with van der Waals surface area (Å²) in [6.07, 6.45) is -6.10. The van der Waals surface area contributed by atoms with E-state index in [1.54, 1.807) is 6.92 Å². The zero-order chi connectivity index (χ0) is 17.7. The number of hydrogen-bond acceptors (Lipinski definition) is 10. The number of ether oxygens (including phenoxy) is 2. The van der Waals surface area contributed by atoms with Crippen molar-refractivity contribution in [2.75, 3.05) is 13.2 Å². The van der Waals surface area contributed by atoms with Crippen LogP contribution >= 0.6 is 0 Å². The number of aliphatic hydroxyl groups is 6. The van der Waals surface area contributed by atoms with Gasteiger partial charge in [-0.05, 0) is 13.0 Å². The van der Waals surface area contributed by atoms with Gasteiger partial charge in [-0.3, -0.25) is 0 Å². The summed E-state index contributed by atoms with van der Waals surface area (Å²) in [6, 6.07) is 0. The fourth-order valence-electron chi connectivity index (χ4n) is 1.84. The highest BCUT2D eigenvalue weighted by atomic mass is 16.6. The van der Waals surface area contributed by atoms with Gasteiger partial charge in [0.25, 0.3) is 0 Å². The smallest absolute Gasteiger partial charge is 0.338 e. The number of hydrogen-bond donors (Lipinski definition) is 6. The van der Waals surface area contributed by atoms with Crippen LogP contribution in [0.15, 0.2) is 11.6 Å². The third-order valence-electron chi connectivity index (χ3n) is 3.29. The highest BCUT2D eigenvalue weighted by Crippen LogP contribution is 2.16. The quantitative estimate of drug-likeness (QED) is 0.280. The molecule has 2 aliphatic heterocycles. The molecule has 0 spiro atoms. The zero-order valence-corrected chi connectivity index (χ0v) is 12.3. The summed E-state index contributed by atoms with van der Waals surface area (Å²) in [6.45, 7) is 0.616. The second-order valence-corrected chi connectivity index (χ2v) is 5.05. The molecule has 2 rings (SSSR count). The van der Waals surface area contributed by atoms with Crippen molar-refractivity contribution >= 4 is 11.9 Å². The van der Waals surface area contributed by atoms with Crippen molar-refractivity contribution in [3.05, 3.63) is 11.6 Å². The SMILES string of the molecule is CC1=C[C@@H]([C@H](O)CO)OC1=O.O=C1O[C@H](CO)C(O)[C@H](O)[C@H]1O. The maximum atomic E-state index is 10.7. The minimum atomic E-state index is -1.73. The number of carbonyl (C=O) groups excluding carboxylic acids is 2. The van der Waals surface area contributed by atoms with Crippen LogP contribution in [0.25, 0.3) is 0 Å². The van der Waals surface area contributed by atoms with Crippen LogP contribution in [0.5, 0.6) is 0 Å². The molecule has 0 saturated carbocycles. The zero-order valence-electron chi connectivity index (χ0n) is 12.3. The van der Waals surface area contributed by atoms with E-state index in [2.05, 4.69) is 9.47 Å². The molecule has 0 aromatic carbocycles. The lowest BCUT2D eigenvalue weighted by molar-refractivity contribution is -0.206. The molecule has 0 aromatic heterocycles. The normalized spacial score (nSPS) is 34.7. The molecule has 6 N–H and O–H groups in total. The van der Waals surface area contributed by atoms with Crippen LogP contribution in [0.4, 0.5) is 0 Å². The molecule has 23 heavy (non-hydrogen) atoms. The van der Waals surface area contributed by atoms with Gasteiger partial charge in [-0.25, -0.2) is 9.59 Å². The van der Waals surface area contributed by atoms with Gasteiger partial charge in [0.1, 0.15) is 24.4 Å². The molecule has 0 amide bonds. The van der Waals surface area contributed by atoms with Crippen LogP contribution in [-0.2, 0) is 19.1 Å². The van der Waals surface area contributed by atoms with Gasteiger partial charge in [-0.1, -0.05) is 0 Å². The van der Waals surface area contributed by atoms with E-state index in [4.69, 9.17) is 30.6 Å². The Morgan fingerprint density at radius 1 is 1.13 bits per heavy atom. The van der Waals surface area contributed by atoms with Gasteiger partial charge in [-0.2, -0.15) is 0 Å². The van der Waals surface area contributed by atoms with Gasteiger partial charge in [0.15, 0.2) is 12.2 Å². The third-order valence-corrected chi connectivity index (χ3v) is 3.29. The summed E-state index contributed by atoms with van der Waals surface area (Å²) < 4.78 is 9.07. The maximum absolute atomic E-state index is 10.7. The Morgan fingerprint density at radius 3 is 2.17 bits per heavy atom. The van der Waals surface area contributed by atoms with Crippen LogP contribution in [0.2, 0.25) is 0 Å². The number of esters is 2. The van der Waals surface area contributed by atoms with E-state index in [1.807, 2.05) is 0 Å². The second-order valence-electron chi connectivity index (χ2n) is 5.05. The van der Waals surface area contributed by atoms with Crippen molar-refractivity contribution in [3.63, 3.8) is 0 Å². The molecule has 0 aromatic rings. The molecule has 1 saturated heterocycles. The molecular formula is C13H20O10. The van der Waals surface area contributed by atoms with Gasteiger partial charge in [0, 0.05) is 5.57 Å². The van der Waals surface area contributed by atoms with E-state index in [9.17, 15) is 9.59 Å². The molecule has 2 heterocycles. The molecule has 1 unspecified atom stereocenters. The van der Waals surface area contributed by atoms with E-state index in [0.29, 0.717) is 5.57 Å². The molecule has 0 aliphatic carbocycles. The summed E-state index contributed by atoms with van der Waals surface area (Å²) in [5, 5.41) is 53.0. The monoisotopic (exact) mass is 336 g/mol. The maximum Gasteiger partial charge on any atom is 0.338 e. The van der Waals surface area contributed by atoms with Crippen molar-refractivity contribution in [2.45, 2.75) is 43.5 Å². The van der Waals surface area contributed by atoms with Crippen molar-refractivity contribution in [3.8, 4) is 0 Å². The van der Waals surface area contributed by atoms with Gasteiger partial charge in [0.05, 0.1) is 13.2 Å². The minimum absolute atomic E-state index is 0.401. The van der Waals surface area contributed by atoms with Gasteiger partial charge in [-0.15, -0.1) is 0 Å². The molecule has 0 radical (unpaired) electrons. The minimum Gasteiger partial charge on any atom is -0.455 e. The molecule has 6 atom stereocenters. The lowest BCUT2D eigenvalue weighted by atomic mass is 10.0. The van der Waals surface area contributed by atoms with Gasteiger partial charge >= 0.3 is 11.9 Å². The average molecular weight is 336 g/mol. The van der Waals surface area contributed by atoms with E-state index < -0.39 is 61.8 Å². The van der Waals surface area contributed by atoms with Crippen molar-refractivity contribution in [2.24, 2.45) is 0 Å². The van der Waals surface area contributed by atoms with E-state index >= 15 is 0 Å². The summed E-state index contributed by atoms with van der Waals surface area (Å²) in [7, 11) is 0. The first kappa shape index (κ1) is 19.5. The summed E-state index contributed by atoms with van der Waals surface area (Å²) >= 11 is 0. The summed E-state index contributed by atoms with van der Waals surface area (Å²) in [5.74, 6) is -1.46. The molecule has 2 aliphatic rings. The lowest BCUT2D eigenvalue weighted by Gasteiger charge is -2.32. The average Bonchev–Trinajstić information content (AvgIpc) is 2.88. The predicted octanol–water partition coefficient (Wildman–Crippen LogP) is -3.80. The largest absolute Gasteiger partial charge is 0.455 e. The Balaban J connectivity index is 0.000000231. The molecule has 10 nitrogen and oxygen atoms in total. The first-order valence-electron chi connectivity index (χ1n) is 6.76. The first-order valence-corrected chi connectivity index (χ1v) is 6.76. The van der Waals surface area contributed by atoms with Crippen LogP contribution < -0.4 is 0 Å². The number of rotatable bonds is 3. The van der Waals surface area contributed by atoms with Crippen LogP contribution in [0.3, 0.4) is 0 Å². The highest BCUT2D eigenvalue weighted by Gasteiger charge is 2.43.